The third kappa shape index (κ3) is 3.43. The summed E-state index contributed by atoms with van der Waals surface area (Å²) in [6.07, 6.45) is 3.39. The Kier molecular flexibility index (Phi) is 4.66. The first-order valence-corrected chi connectivity index (χ1v) is 7.58. The van der Waals surface area contributed by atoms with Crippen molar-refractivity contribution in [3.63, 3.8) is 0 Å². The smallest absolute Gasteiger partial charge is 0.243 e. The molecular formula is C12H14F2N4O2S. The van der Waals surface area contributed by atoms with E-state index in [-0.39, 0.29) is 6.54 Å². The maximum Gasteiger partial charge on any atom is 0.243 e. The zero-order valence-corrected chi connectivity index (χ0v) is 11.8. The third-order valence-electron chi connectivity index (χ3n) is 2.89. The Labute approximate surface area is 120 Å². The van der Waals surface area contributed by atoms with E-state index in [1.54, 1.807) is 6.20 Å². The summed E-state index contributed by atoms with van der Waals surface area (Å²) >= 11 is 0. The lowest BCUT2D eigenvalue weighted by Crippen LogP contribution is -2.27. The highest BCUT2D eigenvalue weighted by molar-refractivity contribution is 7.89. The second kappa shape index (κ2) is 6.29. The van der Waals surface area contributed by atoms with E-state index >= 15 is 0 Å². The van der Waals surface area contributed by atoms with Crippen LogP contribution in [0.15, 0.2) is 29.6 Å². The van der Waals surface area contributed by atoms with Crippen LogP contribution in [0.4, 0.5) is 8.78 Å². The lowest BCUT2D eigenvalue weighted by atomic mass is 10.2. The molecule has 0 unspecified atom stereocenters. The summed E-state index contributed by atoms with van der Waals surface area (Å²) in [4.78, 5) is 5.99. The summed E-state index contributed by atoms with van der Waals surface area (Å²) in [5, 5.41) is 0. The summed E-state index contributed by atoms with van der Waals surface area (Å²) in [6, 6.07) is 1.76. The number of nitrogens with zero attached hydrogens (tertiary/aromatic N) is 1. The van der Waals surface area contributed by atoms with Gasteiger partial charge in [0.05, 0.1) is 6.33 Å². The molecule has 21 heavy (non-hydrogen) atoms. The highest BCUT2D eigenvalue weighted by atomic mass is 32.2. The molecule has 114 valence electrons. The number of H-pyrrole nitrogens is 1. The average molecular weight is 316 g/mol. The molecule has 0 spiro atoms. The number of halogens is 2. The SMILES string of the molecule is NCc1c(F)ccc(S(=O)(=O)NCCc2cnc[nH]2)c1F. The molecule has 0 radical (unpaired) electrons. The molecule has 0 amide bonds. The van der Waals surface area contributed by atoms with Crippen LogP contribution in [0.25, 0.3) is 0 Å². The van der Waals surface area contributed by atoms with Crippen LogP contribution >= 0.6 is 0 Å². The maximum atomic E-state index is 14.0. The Bertz CT molecular complexity index is 717. The van der Waals surface area contributed by atoms with Crippen molar-refractivity contribution < 1.29 is 17.2 Å². The van der Waals surface area contributed by atoms with E-state index in [1.807, 2.05) is 0 Å². The van der Waals surface area contributed by atoms with E-state index in [4.69, 9.17) is 5.73 Å². The minimum atomic E-state index is -4.08. The predicted molar refractivity (Wildman–Crippen MR) is 71.7 cm³/mol. The van der Waals surface area contributed by atoms with Crippen LogP contribution in [-0.4, -0.2) is 24.9 Å². The van der Waals surface area contributed by atoms with Gasteiger partial charge in [0.15, 0.2) is 5.82 Å². The van der Waals surface area contributed by atoms with Gasteiger partial charge in [0.1, 0.15) is 10.7 Å². The Balaban J connectivity index is 2.16. The minimum absolute atomic E-state index is 0.0549. The summed E-state index contributed by atoms with van der Waals surface area (Å²) in [5.74, 6) is -2.03. The van der Waals surface area contributed by atoms with E-state index in [1.165, 1.54) is 6.33 Å². The predicted octanol–water partition coefficient (Wildman–Crippen LogP) is 0.668. The van der Waals surface area contributed by atoms with Crippen LogP contribution in [-0.2, 0) is 23.0 Å². The van der Waals surface area contributed by atoms with E-state index in [0.29, 0.717) is 6.42 Å². The topological polar surface area (TPSA) is 101 Å². The van der Waals surface area contributed by atoms with Crippen LogP contribution in [0.2, 0.25) is 0 Å². The molecule has 2 aromatic rings. The number of hydrogen-bond acceptors (Lipinski definition) is 4. The van der Waals surface area contributed by atoms with Gasteiger partial charge in [-0.15, -0.1) is 0 Å². The van der Waals surface area contributed by atoms with Crippen LogP contribution < -0.4 is 10.5 Å². The number of nitrogens with two attached hydrogens (primary N) is 1. The first-order chi connectivity index (χ1) is 9.95. The fraction of sp³-hybridized carbons (Fsp3) is 0.250. The molecular weight excluding hydrogens is 302 g/mol. The molecule has 6 nitrogen and oxygen atoms in total. The van der Waals surface area contributed by atoms with Gasteiger partial charge >= 0.3 is 0 Å². The molecule has 0 saturated heterocycles. The van der Waals surface area contributed by atoms with Gasteiger partial charge in [-0.1, -0.05) is 0 Å². The number of nitrogens with one attached hydrogen (secondary N) is 2. The number of sulfonamides is 1. The molecule has 2 rings (SSSR count). The number of aromatic nitrogens is 2. The Morgan fingerprint density at radius 3 is 2.71 bits per heavy atom. The molecule has 9 heteroatoms. The first-order valence-electron chi connectivity index (χ1n) is 6.09. The van der Waals surface area contributed by atoms with Gasteiger partial charge in [-0.2, -0.15) is 0 Å². The Morgan fingerprint density at radius 1 is 1.33 bits per heavy atom. The number of aromatic amines is 1. The summed E-state index contributed by atoms with van der Waals surface area (Å²) in [6.45, 7) is -0.367. The molecule has 0 bridgehead atoms. The van der Waals surface area contributed by atoms with E-state index < -0.39 is 38.7 Å². The molecule has 1 aromatic heterocycles. The van der Waals surface area contributed by atoms with Crippen molar-refractivity contribution in [2.45, 2.75) is 17.9 Å². The van der Waals surface area contributed by atoms with Crippen LogP contribution in [0.1, 0.15) is 11.3 Å². The lowest BCUT2D eigenvalue weighted by Gasteiger charge is -2.10. The Hall–Kier alpha value is -1.84. The van der Waals surface area contributed by atoms with Crippen molar-refractivity contribution in [3.8, 4) is 0 Å². The number of benzene rings is 1. The molecule has 0 aliphatic carbocycles. The minimum Gasteiger partial charge on any atom is -0.348 e. The van der Waals surface area contributed by atoms with E-state index in [9.17, 15) is 17.2 Å². The second-order valence-electron chi connectivity index (χ2n) is 4.27. The molecule has 1 heterocycles. The van der Waals surface area contributed by atoms with Crippen LogP contribution in [0.3, 0.4) is 0 Å². The van der Waals surface area contributed by atoms with Gasteiger partial charge in [-0.25, -0.2) is 26.9 Å². The second-order valence-corrected chi connectivity index (χ2v) is 6.00. The van der Waals surface area contributed by atoms with Gasteiger partial charge in [-0.3, -0.25) is 0 Å². The fourth-order valence-corrected chi connectivity index (χ4v) is 2.92. The third-order valence-corrected chi connectivity index (χ3v) is 4.36. The molecule has 0 fully saturated rings. The van der Waals surface area contributed by atoms with Crippen LogP contribution in [0.5, 0.6) is 0 Å². The van der Waals surface area contributed by atoms with Crippen molar-refractivity contribution in [1.29, 1.82) is 0 Å². The number of rotatable bonds is 6. The quantitative estimate of drug-likeness (QED) is 0.729. The molecule has 0 aliphatic heterocycles. The molecule has 0 saturated carbocycles. The summed E-state index contributed by atoms with van der Waals surface area (Å²) < 4.78 is 53.6. The normalized spacial score (nSPS) is 11.8. The van der Waals surface area contributed by atoms with Gasteiger partial charge < -0.3 is 10.7 Å². The zero-order chi connectivity index (χ0) is 15.5. The van der Waals surface area contributed by atoms with Gasteiger partial charge in [0.2, 0.25) is 10.0 Å². The van der Waals surface area contributed by atoms with Crippen molar-refractivity contribution >= 4 is 10.0 Å². The van der Waals surface area contributed by atoms with Gasteiger partial charge in [0.25, 0.3) is 0 Å². The lowest BCUT2D eigenvalue weighted by molar-refractivity contribution is 0.525. The van der Waals surface area contributed by atoms with Crippen molar-refractivity contribution in [2.75, 3.05) is 6.54 Å². The monoisotopic (exact) mass is 316 g/mol. The molecule has 1 aromatic carbocycles. The van der Waals surface area contributed by atoms with E-state index in [2.05, 4.69) is 14.7 Å². The maximum absolute atomic E-state index is 14.0. The summed E-state index contributed by atoms with van der Waals surface area (Å²) in [5.41, 5.74) is 5.51. The van der Waals surface area contributed by atoms with Gasteiger partial charge in [-0.05, 0) is 12.1 Å². The number of hydrogen-bond donors (Lipinski definition) is 3. The largest absolute Gasteiger partial charge is 0.348 e. The molecule has 4 N–H and O–H groups in total. The summed E-state index contributed by atoms with van der Waals surface area (Å²) in [7, 11) is -4.08. The highest BCUT2D eigenvalue weighted by Crippen LogP contribution is 2.20. The van der Waals surface area contributed by atoms with Crippen LogP contribution in [0, 0.1) is 11.6 Å². The first kappa shape index (κ1) is 15.5. The Morgan fingerprint density at radius 2 is 2.10 bits per heavy atom. The fourth-order valence-electron chi connectivity index (χ4n) is 1.79. The van der Waals surface area contributed by atoms with E-state index in [0.717, 1.165) is 17.8 Å². The highest BCUT2D eigenvalue weighted by Gasteiger charge is 2.22. The molecule has 0 aliphatic rings. The van der Waals surface area contributed by atoms with Gasteiger partial charge in [0, 0.05) is 37.0 Å². The molecule has 0 atom stereocenters. The average Bonchev–Trinajstić information content (AvgIpc) is 2.92. The number of imidazole rings is 1. The zero-order valence-electron chi connectivity index (χ0n) is 10.9. The standard InChI is InChI=1S/C12H14F2N4O2S/c13-10-1-2-11(12(14)9(10)5-15)21(19,20)18-4-3-8-6-16-7-17-8/h1-2,6-7,18H,3-5,15H2,(H,16,17). The van der Waals surface area contributed by atoms with Crippen molar-refractivity contribution in [3.05, 3.63) is 47.5 Å². The van der Waals surface area contributed by atoms with Crippen molar-refractivity contribution in [2.24, 2.45) is 5.73 Å². The van der Waals surface area contributed by atoms with Crippen molar-refractivity contribution in [1.82, 2.24) is 14.7 Å².